The molecule has 0 saturated heterocycles. The largest absolute Gasteiger partial charge is 0.397 e. The molecule has 0 saturated carbocycles. The van der Waals surface area contributed by atoms with E-state index in [0.29, 0.717) is 6.42 Å². The maximum Gasteiger partial charge on any atom is 0.209 e. The van der Waals surface area contributed by atoms with Crippen LogP contribution >= 0.6 is 0 Å². The molecule has 0 aromatic carbocycles. The summed E-state index contributed by atoms with van der Waals surface area (Å²) < 4.78 is 21.0. The van der Waals surface area contributed by atoms with Gasteiger partial charge in [0.05, 0.1) is 5.75 Å². The third-order valence-corrected chi connectivity index (χ3v) is 2.64. The molecule has 16 heavy (non-hydrogen) atoms. The van der Waals surface area contributed by atoms with Crippen LogP contribution in [0, 0.1) is 0 Å². The molecule has 0 aliphatic carbocycles. The van der Waals surface area contributed by atoms with Gasteiger partial charge in [0.2, 0.25) is 10.0 Å². The standard InChI is InChI=1S/C8H19NO2S.C2H6O.FH/c1-2-3-4-5-6-7-8-12(9,10)11;1-2-3;/h2-8H2,1H3,(H2,9,10,11);3H,2H2,1H3;1H. The van der Waals surface area contributed by atoms with Gasteiger partial charge < -0.3 is 5.11 Å². The Balaban J connectivity index is -0.000000377. The Labute approximate surface area is 98.7 Å². The Morgan fingerprint density at radius 3 is 1.75 bits per heavy atom. The zero-order valence-corrected chi connectivity index (χ0v) is 11.1. The van der Waals surface area contributed by atoms with Crippen LogP contribution in [0.3, 0.4) is 0 Å². The lowest BCUT2D eigenvalue weighted by Gasteiger charge is -1.98. The Morgan fingerprint density at radius 2 is 1.38 bits per heavy atom. The average molecular weight is 259 g/mol. The Hall–Kier alpha value is -0.200. The fourth-order valence-electron chi connectivity index (χ4n) is 1.08. The third kappa shape index (κ3) is 29.2. The van der Waals surface area contributed by atoms with Gasteiger partial charge in [0.1, 0.15) is 0 Å². The van der Waals surface area contributed by atoms with Gasteiger partial charge in [-0.05, 0) is 13.3 Å². The Kier molecular flexibility index (Phi) is 19.5. The van der Waals surface area contributed by atoms with E-state index in [1.54, 1.807) is 6.92 Å². The quantitative estimate of drug-likeness (QED) is 0.684. The molecule has 0 amide bonds. The van der Waals surface area contributed by atoms with Crippen LogP contribution in [0.5, 0.6) is 0 Å². The summed E-state index contributed by atoms with van der Waals surface area (Å²) in [6, 6.07) is 0. The van der Waals surface area contributed by atoms with Crippen LogP contribution < -0.4 is 5.14 Å². The number of halogens is 1. The predicted octanol–water partition coefficient (Wildman–Crippen LogP) is 1.79. The van der Waals surface area contributed by atoms with Gasteiger partial charge in [-0.15, -0.1) is 0 Å². The van der Waals surface area contributed by atoms with Gasteiger partial charge in [-0.3, -0.25) is 4.70 Å². The van der Waals surface area contributed by atoms with Crippen molar-refractivity contribution in [3.05, 3.63) is 0 Å². The first-order valence-corrected chi connectivity index (χ1v) is 7.30. The second-order valence-electron chi connectivity index (χ2n) is 3.45. The first-order chi connectivity index (χ1) is 6.97. The van der Waals surface area contributed by atoms with E-state index in [1.165, 1.54) is 19.3 Å². The van der Waals surface area contributed by atoms with Crippen molar-refractivity contribution in [2.24, 2.45) is 5.14 Å². The predicted molar refractivity (Wildman–Crippen MR) is 66.6 cm³/mol. The Bertz CT molecular complexity index is 208. The van der Waals surface area contributed by atoms with E-state index in [2.05, 4.69) is 6.92 Å². The van der Waals surface area contributed by atoms with Gasteiger partial charge >= 0.3 is 0 Å². The molecule has 0 atom stereocenters. The van der Waals surface area contributed by atoms with Crippen LogP contribution in [-0.4, -0.2) is 25.9 Å². The van der Waals surface area contributed by atoms with Gasteiger partial charge in [-0.2, -0.15) is 0 Å². The fraction of sp³-hybridized carbons (Fsp3) is 1.00. The van der Waals surface area contributed by atoms with Crippen LogP contribution in [0.25, 0.3) is 0 Å². The highest BCUT2D eigenvalue weighted by Gasteiger charge is 2.00. The number of nitrogens with two attached hydrogens (primary N) is 1. The van der Waals surface area contributed by atoms with E-state index in [9.17, 15) is 8.42 Å². The minimum Gasteiger partial charge on any atom is -0.397 e. The number of sulfonamides is 1. The summed E-state index contributed by atoms with van der Waals surface area (Å²) in [5, 5.41) is 12.4. The summed E-state index contributed by atoms with van der Waals surface area (Å²) >= 11 is 0. The van der Waals surface area contributed by atoms with E-state index in [4.69, 9.17) is 10.2 Å². The summed E-state index contributed by atoms with van der Waals surface area (Å²) in [6.45, 7) is 4.09. The topological polar surface area (TPSA) is 80.4 Å². The van der Waals surface area contributed by atoms with Crippen molar-refractivity contribution in [3.63, 3.8) is 0 Å². The third-order valence-electron chi connectivity index (χ3n) is 1.78. The number of primary sulfonamides is 1. The maximum absolute atomic E-state index is 10.5. The lowest BCUT2D eigenvalue weighted by atomic mass is 10.1. The second-order valence-corrected chi connectivity index (χ2v) is 5.18. The van der Waals surface area contributed by atoms with Crippen LogP contribution in [0.2, 0.25) is 0 Å². The van der Waals surface area contributed by atoms with Gasteiger partial charge in [0.15, 0.2) is 0 Å². The number of hydrogen-bond donors (Lipinski definition) is 2. The van der Waals surface area contributed by atoms with E-state index in [1.807, 2.05) is 0 Å². The molecule has 0 bridgehead atoms. The van der Waals surface area contributed by atoms with Crippen LogP contribution in [-0.2, 0) is 10.0 Å². The van der Waals surface area contributed by atoms with Crippen molar-refractivity contribution >= 4 is 10.0 Å². The van der Waals surface area contributed by atoms with Gasteiger partial charge in [0, 0.05) is 6.61 Å². The summed E-state index contributed by atoms with van der Waals surface area (Å²) in [5.74, 6) is 0.138. The molecule has 0 aromatic heterocycles. The highest BCUT2D eigenvalue weighted by Crippen LogP contribution is 2.05. The number of aliphatic hydroxyl groups is 1. The zero-order chi connectivity index (χ0) is 12.2. The van der Waals surface area contributed by atoms with Gasteiger partial charge in [0.25, 0.3) is 0 Å². The molecular weight excluding hydrogens is 233 g/mol. The van der Waals surface area contributed by atoms with Crippen molar-refractivity contribution in [2.75, 3.05) is 12.4 Å². The smallest absolute Gasteiger partial charge is 0.209 e. The van der Waals surface area contributed by atoms with Crippen molar-refractivity contribution in [3.8, 4) is 0 Å². The number of hydrogen-bond acceptors (Lipinski definition) is 3. The molecule has 0 unspecified atom stereocenters. The highest BCUT2D eigenvalue weighted by molar-refractivity contribution is 7.89. The van der Waals surface area contributed by atoms with E-state index in [-0.39, 0.29) is 17.1 Å². The molecule has 0 aliphatic heterocycles. The molecule has 0 aromatic rings. The number of rotatable bonds is 7. The first kappa shape index (κ1) is 21.1. The molecular formula is C10H26FNO3S. The summed E-state index contributed by atoms with van der Waals surface area (Å²) in [4.78, 5) is 0. The summed E-state index contributed by atoms with van der Waals surface area (Å²) in [5.41, 5.74) is 0. The van der Waals surface area contributed by atoms with Crippen molar-refractivity contribution in [2.45, 2.75) is 52.4 Å². The molecule has 102 valence electrons. The van der Waals surface area contributed by atoms with Crippen LogP contribution in [0.4, 0.5) is 4.70 Å². The molecule has 3 N–H and O–H groups in total. The second kappa shape index (κ2) is 14.8. The SMILES string of the molecule is CCCCCCCCS(N)(=O)=O.CCO.F. The van der Waals surface area contributed by atoms with Crippen molar-refractivity contribution in [1.29, 1.82) is 0 Å². The highest BCUT2D eigenvalue weighted by atomic mass is 32.2. The molecule has 6 heteroatoms. The summed E-state index contributed by atoms with van der Waals surface area (Å²) in [7, 11) is -3.22. The van der Waals surface area contributed by atoms with E-state index < -0.39 is 10.0 Å². The van der Waals surface area contributed by atoms with E-state index in [0.717, 1.165) is 12.8 Å². The lowest BCUT2D eigenvalue weighted by Crippen LogP contribution is -2.16. The fourth-order valence-corrected chi connectivity index (χ4v) is 1.69. The molecule has 0 heterocycles. The minimum atomic E-state index is -3.22. The Morgan fingerprint density at radius 1 is 1.00 bits per heavy atom. The molecule has 0 spiro atoms. The van der Waals surface area contributed by atoms with Crippen molar-refractivity contribution < 1.29 is 18.2 Å². The molecule has 0 radical (unpaired) electrons. The number of unbranched alkanes of at least 4 members (excludes halogenated alkanes) is 5. The minimum absolute atomic E-state index is 0. The van der Waals surface area contributed by atoms with Crippen LogP contribution in [0.15, 0.2) is 0 Å². The zero-order valence-electron chi connectivity index (χ0n) is 10.3. The monoisotopic (exact) mass is 259 g/mol. The molecule has 0 aliphatic rings. The maximum atomic E-state index is 10.5. The molecule has 0 fully saturated rings. The normalized spacial score (nSPS) is 10.0. The van der Waals surface area contributed by atoms with Crippen molar-refractivity contribution in [1.82, 2.24) is 0 Å². The molecule has 4 nitrogen and oxygen atoms in total. The molecule has 0 rings (SSSR count). The van der Waals surface area contributed by atoms with Crippen LogP contribution in [0.1, 0.15) is 52.4 Å². The summed E-state index contributed by atoms with van der Waals surface area (Å²) in [6.07, 6.45) is 6.49. The lowest BCUT2D eigenvalue weighted by molar-refractivity contribution is 0.318. The van der Waals surface area contributed by atoms with Gasteiger partial charge in [-0.1, -0.05) is 39.0 Å². The van der Waals surface area contributed by atoms with E-state index >= 15 is 0 Å². The number of aliphatic hydroxyl groups excluding tert-OH is 1. The first-order valence-electron chi connectivity index (χ1n) is 5.59. The average Bonchev–Trinajstić information content (AvgIpc) is 2.11. The van der Waals surface area contributed by atoms with Gasteiger partial charge in [-0.25, -0.2) is 13.6 Å².